The van der Waals surface area contributed by atoms with Gasteiger partial charge in [0.2, 0.25) is 10.0 Å². The average Bonchev–Trinajstić information content (AvgIpc) is 3.40. The molecule has 1 unspecified atom stereocenters. The van der Waals surface area contributed by atoms with Crippen LogP contribution >= 0.6 is 0 Å². The highest BCUT2D eigenvalue weighted by atomic mass is 32.2. The van der Waals surface area contributed by atoms with Crippen molar-refractivity contribution >= 4 is 26.8 Å². The van der Waals surface area contributed by atoms with Crippen LogP contribution in [0.25, 0.3) is 10.9 Å². The van der Waals surface area contributed by atoms with Gasteiger partial charge in [0.25, 0.3) is 5.91 Å². The monoisotopic (exact) mass is 376 g/mol. The highest BCUT2D eigenvalue weighted by Crippen LogP contribution is 2.39. The summed E-state index contributed by atoms with van der Waals surface area (Å²) in [5.74, 6) is -0.568. The van der Waals surface area contributed by atoms with Gasteiger partial charge in [0.1, 0.15) is 0 Å². The summed E-state index contributed by atoms with van der Waals surface area (Å²) in [6.45, 7) is 2.87. The fourth-order valence-corrected chi connectivity index (χ4v) is 5.04. The minimum Gasteiger partial charge on any atom is -0.371 e. The van der Waals surface area contributed by atoms with E-state index in [9.17, 15) is 13.2 Å². The van der Waals surface area contributed by atoms with E-state index in [2.05, 4.69) is 17.8 Å². The molecule has 0 bridgehead atoms. The molecule has 1 aromatic carbocycles. The Bertz CT molecular complexity index is 967. The van der Waals surface area contributed by atoms with Crippen LogP contribution in [0.3, 0.4) is 0 Å². The summed E-state index contributed by atoms with van der Waals surface area (Å²) in [5.41, 5.74) is 2.04. The summed E-state index contributed by atoms with van der Waals surface area (Å²) in [6, 6.07) is 5.34. The van der Waals surface area contributed by atoms with E-state index in [1.54, 1.807) is 12.1 Å². The number of fused-ring (bicyclic) bond motifs is 1. The Morgan fingerprint density at radius 1 is 1.31 bits per heavy atom. The van der Waals surface area contributed by atoms with Gasteiger partial charge in [0, 0.05) is 41.9 Å². The standard InChI is InChI=1S/C19H24N2O4S/c1-19(9-3-4-10-25-19)16-12-21(2)17-11-13(5-8-15(16)17)18(22)20-26(23,24)14-6-7-14/h5,8,11-12,14H,3-4,6-7,9-10H2,1-2H3,(H,20,22). The van der Waals surface area contributed by atoms with Gasteiger partial charge in [0.05, 0.1) is 10.9 Å². The van der Waals surface area contributed by atoms with E-state index >= 15 is 0 Å². The van der Waals surface area contributed by atoms with E-state index in [1.165, 1.54) is 0 Å². The Morgan fingerprint density at radius 3 is 2.73 bits per heavy atom. The zero-order chi connectivity index (χ0) is 18.5. The molecule has 6 nitrogen and oxygen atoms in total. The van der Waals surface area contributed by atoms with Gasteiger partial charge in [-0.25, -0.2) is 13.1 Å². The minimum atomic E-state index is -3.55. The molecule has 1 aliphatic heterocycles. The van der Waals surface area contributed by atoms with Crippen LogP contribution in [0.5, 0.6) is 0 Å². The third-order valence-corrected chi connectivity index (χ3v) is 7.31. The zero-order valence-corrected chi connectivity index (χ0v) is 15.9. The average molecular weight is 376 g/mol. The molecule has 0 spiro atoms. The number of nitrogens with one attached hydrogen (secondary N) is 1. The molecule has 1 aromatic heterocycles. The number of hydrogen-bond acceptors (Lipinski definition) is 4. The van der Waals surface area contributed by atoms with Crippen LogP contribution < -0.4 is 4.72 Å². The molecule has 1 aliphatic carbocycles. The van der Waals surface area contributed by atoms with E-state index in [-0.39, 0.29) is 5.60 Å². The maximum atomic E-state index is 12.4. The molecular weight excluding hydrogens is 352 g/mol. The number of carbonyl (C=O) groups is 1. The molecule has 26 heavy (non-hydrogen) atoms. The Labute approximate surface area is 153 Å². The molecule has 7 heteroatoms. The predicted molar refractivity (Wildman–Crippen MR) is 99.5 cm³/mol. The number of carbonyl (C=O) groups excluding carboxylic acids is 1. The maximum absolute atomic E-state index is 12.4. The van der Waals surface area contributed by atoms with E-state index in [0.717, 1.165) is 42.3 Å². The molecule has 1 atom stereocenters. The summed E-state index contributed by atoms with van der Waals surface area (Å²) in [7, 11) is -1.61. The van der Waals surface area contributed by atoms with Crippen LogP contribution in [0.2, 0.25) is 0 Å². The van der Waals surface area contributed by atoms with Crippen LogP contribution in [-0.2, 0) is 27.4 Å². The number of ether oxygens (including phenoxy) is 1. The van der Waals surface area contributed by atoms with Crippen LogP contribution in [-0.4, -0.2) is 30.7 Å². The molecular formula is C19H24N2O4S. The van der Waals surface area contributed by atoms with Crippen LogP contribution in [0, 0.1) is 0 Å². The summed E-state index contributed by atoms with van der Waals surface area (Å²) in [5, 5.41) is 0.624. The van der Waals surface area contributed by atoms with Crippen molar-refractivity contribution < 1.29 is 17.9 Å². The SMILES string of the molecule is Cn1cc(C2(C)CCCCO2)c2ccc(C(=O)NS(=O)(=O)C3CC3)cc21. The molecule has 0 radical (unpaired) electrons. The fourth-order valence-electron chi connectivity index (χ4n) is 3.74. The fraction of sp³-hybridized carbons (Fsp3) is 0.526. The topological polar surface area (TPSA) is 77.4 Å². The van der Waals surface area contributed by atoms with Crippen LogP contribution in [0.1, 0.15) is 54.9 Å². The van der Waals surface area contributed by atoms with Crippen molar-refractivity contribution in [3.05, 3.63) is 35.5 Å². The quantitative estimate of drug-likeness (QED) is 0.890. The molecule has 1 saturated heterocycles. The molecule has 1 saturated carbocycles. The molecule has 1 amide bonds. The van der Waals surface area contributed by atoms with Gasteiger partial charge in [-0.05, 0) is 51.2 Å². The molecule has 2 aromatic rings. The lowest BCUT2D eigenvalue weighted by atomic mass is 9.88. The second kappa shape index (κ2) is 6.09. The Morgan fingerprint density at radius 2 is 2.08 bits per heavy atom. The first-order valence-corrected chi connectivity index (χ1v) is 10.6. The minimum absolute atomic E-state index is 0.323. The maximum Gasteiger partial charge on any atom is 0.264 e. The zero-order valence-electron chi connectivity index (χ0n) is 15.1. The third-order valence-electron chi connectivity index (χ3n) is 5.49. The number of aromatic nitrogens is 1. The van der Waals surface area contributed by atoms with Crippen LogP contribution in [0.15, 0.2) is 24.4 Å². The lowest BCUT2D eigenvalue weighted by molar-refractivity contribution is -0.0692. The lowest BCUT2D eigenvalue weighted by Crippen LogP contribution is -2.33. The van der Waals surface area contributed by atoms with E-state index in [1.807, 2.05) is 17.7 Å². The van der Waals surface area contributed by atoms with Crippen molar-refractivity contribution in [2.24, 2.45) is 7.05 Å². The van der Waals surface area contributed by atoms with Crippen molar-refractivity contribution in [1.82, 2.24) is 9.29 Å². The first kappa shape index (κ1) is 17.5. The summed E-state index contributed by atoms with van der Waals surface area (Å²) >= 11 is 0. The number of sulfonamides is 1. The second-order valence-corrected chi connectivity index (χ2v) is 9.56. The molecule has 2 heterocycles. The van der Waals surface area contributed by atoms with Gasteiger partial charge < -0.3 is 9.30 Å². The van der Waals surface area contributed by atoms with Gasteiger partial charge >= 0.3 is 0 Å². The van der Waals surface area contributed by atoms with Gasteiger partial charge in [-0.15, -0.1) is 0 Å². The number of amides is 1. The molecule has 140 valence electrons. The Balaban J connectivity index is 1.68. The first-order valence-electron chi connectivity index (χ1n) is 9.10. The first-order chi connectivity index (χ1) is 12.3. The molecule has 2 aliphatic rings. The summed E-state index contributed by atoms with van der Waals surface area (Å²) < 4.78 is 34.3. The number of hydrogen-bond donors (Lipinski definition) is 1. The van der Waals surface area contributed by atoms with Gasteiger partial charge in [-0.3, -0.25) is 4.79 Å². The van der Waals surface area contributed by atoms with E-state index in [0.29, 0.717) is 18.4 Å². The summed E-state index contributed by atoms with van der Waals surface area (Å²) in [6.07, 6.45) is 6.49. The number of aryl methyl sites for hydroxylation is 1. The van der Waals surface area contributed by atoms with Crippen molar-refractivity contribution in [2.45, 2.75) is 49.9 Å². The third kappa shape index (κ3) is 3.03. The highest BCUT2D eigenvalue weighted by molar-refractivity contribution is 7.91. The predicted octanol–water partition coefficient (Wildman–Crippen LogP) is 2.82. The van der Waals surface area contributed by atoms with Crippen molar-refractivity contribution in [3.63, 3.8) is 0 Å². The smallest absolute Gasteiger partial charge is 0.264 e. The van der Waals surface area contributed by atoms with E-state index < -0.39 is 21.2 Å². The van der Waals surface area contributed by atoms with Crippen LogP contribution in [0.4, 0.5) is 0 Å². The van der Waals surface area contributed by atoms with E-state index in [4.69, 9.17) is 4.74 Å². The Kier molecular flexibility index (Phi) is 4.11. The van der Waals surface area contributed by atoms with Gasteiger partial charge in [-0.2, -0.15) is 0 Å². The normalized spacial score (nSPS) is 23.9. The van der Waals surface area contributed by atoms with Gasteiger partial charge in [-0.1, -0.05) is 6.07 Å². The number of nitrogens with zero attached hydrogens (tertiary/aromatic N) is 1. The number of benzene rings is 1. The van der Waals surface area contributed by atoms with Gasteiger partial charge in [0.15, 0.2) is 0 Å². The molecule has 1 N–H and O–H groups in total. The highest BCUT2D eigenvalue weighted by Gasteiger charge is 2.37. The van der Waals surface area contributed by atoms with Crippen molar-refractivity contribution in [1.29, 1.82) is 0 Å². The lowest BCUT2D eigenvalue weighted by Gasteiger charge is -2.33. The number of rotatable bonds is 4. The Hall–Kier alpha value is -1.86. The second-order valence-electron chi connectivity index (χ2n) is 7.60. The van der Waals surface area contributed by atoms with Crippen molar-refractivity contribution in [2.75, 3.05) is 6.61 Å². The summed E-state index contributed by atoms with van der Waals surface area (Å²) in [4.78, 5) is 12.4. The molecule has 4 rings (SSSR count). The molecule has 2 fully saturated rings. The largest absolute Gasteiger partial charge is 0.371 e. The van der Waals surface area contributed by atoms with Crippen molar-refractivity contribution in [3.8, 4) is 0 Å².